The Morgan fingerprint density at radius 2 is 2.36 bits per heavy atom. The molecule has 1 saturated heterocycles. The quantitative estimate of drug-likeness (QED) is 0.878. The van der Waals surface area contributed by atoms with Gasteiger partial charge in [-0.15, -0.1) is 0 Å². The lowest BCUT2D eigenvalue weighted by atomic mass is 10.00. The topological polar surface area (TPSA) is 71.0 Å². The molecule has 2 aromatic heterocycles. The van der Waals surface area contributed by atoms with Gasteiger partial charge in [0, 0.05) is 19.3 Å². The number of anilines is 1. The molecule has 0 aromatic carbocycles. The van der Waals surface area contributed by atoms with Crippen LogP contribution in [0.3, 0.4) is 0 Å². The summed E-state index contributed by atoms with van der Waals surface area (Å²) in [6, 6.07) is -0.0432. The average Bonchev–Trinajstić information content (AvgIpc) is 3.13. The van der Waals surface area contributed by atoms with Crippen LogP contribution in [0.4, 0.5) is 9.93 Å². The number of rotatable bonds is 1. The fraction of sp³-hybridized carbons (Fsp3) is 0.467. The standard InChI is InChI=1S/C15H17N5OS/c1-9-4-5-20(7-9)15(21)19-14-18-11-3-2-10-6-16-8-17-12(10)13(11)22-14/h6,8-9H,2-5,7H2,1H3,(H,18,19,21). The minimum atomic E-state index is -0.0432. The zero-order chi connectivity index (χ0) is 15.1. The average molecular weight is 315 g/mol. The van der Waals surface area contributed by atoms with Gasteiger partial charge in [-0.3, -0.25) is 5.32 Å². The molecule has 114 valence electrons. The van der Waals surface area contributed by atoms with Gasteiger partial charge in [-0.2, -0.15) is 0 Å². The highest BCUT2D eigenvalue weighted by atomic mass is 32.1. The number of amides is 2. The van der Waals surface area contributed by atoms with Gasteiger partial charge in [-0.05, 0) is 30.7 Å². The number of carbonyl (C=O) groups excluding carboxylic acids is 1. The van der Waals surface area contributed by atoms with Gasteiger partial charge >= 0.3 is 6.03 Å². The normalized spacial score (nSPS) is 19.7. The van der Waals surface area contributed by atoms with E-state index in [2.05, 4.69) is 27.2 Å². The maximum absolute atomic E-state index is 12.3. The summed E-state index contributed by atoms with van der Waals surface area (Å²) in [4.78, 5) is 28.2. The van der Waals surface area contributed by atoms with Crippen molar-refractivity contribution in [1.82, 2.24) is 19.9 Å². The number of hydrogen-bond donors (Lipinski definition) is 1. The van der Waals surface area contributed by atoms with Crippen LogP contribution in [0.2, 0.25) is 0 Å². The van der Waals surface area contributed by atoms with Crippen LogP contribution in [0.15, 0.2) is 12.5 Å². The molecule has 3 heterocycles. The highest BCUT2D eigenvalue weighted by molar-refractivity contribution is 7.19. The lowest BCUT2D eigenvalue weighted by Crippen LogP contribution is -2.32. The fourth-order valence-electron chi connectivity index (χ4n) is 3.05. The molecule has 22 heavy (non-hydrogen) atoms. The van der Waals surface area contributed by atoms with Crippen molar-refractivity contribution < 1.29 is 4.79 Å². The Morgan fingerprint density at radius 1 is 1.45 bits per heavy atom. The Hall–Kier alpha value is -2.02. The number of aromatic nitrogens is 3. The highest BCUT2D eigenvalue weighted by Gasteiger charge is 2.26. The number of urea groups is 1. The summed E-state index contributed by atoms with van der Waals surface area (Å²) in [5.74, 6) is 0.582. The smallest absolute Gasteiger partial charge is 0.323 e. The van der Waals surface area contributed by atoms with E-state index in [4.69, 9.17) is 0 Å². The van der Waals surface area contributed by atoms with Gasteiger partial charge in [0.25, 0.3) is 0 Å². The van der Waals surface area contributed by atoms with Crippen molar-refractivity contribution in [3.63, 3.8) is 0 Å². The minimum Gasteiger partial charge on any atom is -0.324 e. The predicted octanol–water partition coefficient (Wildman–Crippen LogP) is 2.57. The van der Waals surface area contributed by atoms with Crippen molar-refractivity contribution in [2.75, 3.05) is 18.4 Å². The van der Waals surface area contributed by atoms with E-state index in [0.29, 0.717) is 11.0 Å². The van der Waals surface area contributed by atoms with E-state index in [9.17, 15) is 4.79 Å². The van der Waals surface area contributed by atoms with E-state index in [-0.39, 0.29) is 6.03 Å². The van der Waals surface area contributed by atoms with Crippen molar-refractivity contribution in [2.24, 2.45) is 5.92 Å². The number of aryl methyl sites for hydroxylation is 2. The molecule has 4 rings (SSSR count). The van der Waals surface area contributed by atoms with Crippen LogP contribution in [-0.2, 0) is 12.8 Å². The van der Waals surface area contributed by atoms with Gasteiger partial charge < -0.3 is 4.90 Å². The SMILES string of the molecule is CC1CCN(C(=O)Nc2nc3c(s2)-c2ncncc2CC3)C1. The van der Waals surface area contributed by atoms with E-state index in [1.807, 2.05) is 11.1 Å². The van der Waals surface area contributed by atoms with Gasteiger partial charge in [0.2, 0.25) is 0 Å². The van der Waals surface area contributed by atoms with Gasteiger partial charge in [0.05, 0.1) is 16.3 Å². The van der Waals surface area contributed by atoms with Crippen LogP contribution in [0, 0.1) is 5.92 Å². The van der Waals surface area contributed by atoms with Gasteiger partial charge in [0.15, 0.2) is 5.13 Å². The second-order valence-corrected chi connectivity index (χ2v) is 6.96. The Morgan fingerprint density at radius 3 is 3.18 bits per heavy atom. The predicted molar refractivity (Wildman–Crippen MR) is 84.9 cm³/mol. The molecule has 7 heteroatoms. The number of nitrogens with zero attached hydrogens (tertiary/aromatic N) is 4. The molecule has 0 radical (unpaired) electrons. The van der Waals surface area contributed by atoms with E-state index in [0.717, 1.165) is 54.2 Å². The third-order valence-corrected chi connectivity index (χ3v) is 5.28. The monoisotopic (exact) mass is 315 g/mol. The van der Waals surface area contributed by atoms with Crippen molar-refractivity contribution >= 4 is 22.5 Å². The molecule has 6 nitrogen and oxygen atoms in total. The van der Waals surface area contributed by atoms with E-state index in [1.165, 1.54) is 11.3 Å². The van der Waals surface area contributed by atoms with Crippen LogP contribution in [0.25, 0.3) is 10.6 Å². The highest BCUT2D eigenvalue weighted by Crippen LogP contribution is 2.37. The Kier molecular flexibility index (Phi) is 3.29. The lowest BCUT2D eigenvalue weighted by molar-refractivity contribution is 0.221. The Balaban J connectivity index is 1.56. The van der Waals surface area contributed by atoms with Crippen LogP contribution in [0.5, 0.6) is 0 Å². The molecule has 0 bridgehead atoms. The van der Waals surface area contributed by atoms with E-state index in [1.54, 1.807) is 6.33 Å². The second-order valence-electron chi connectivity index (χ2n) is 5.96. The molecule has 1 fully saturated rings. The third kappa shape index (κ3) is 2.35. The molecule has 1 N–H and O–H groups in total. The lowest BCUT2D eigenvalue weighted by Gasteiger charge is -2.15. The maximum atomic E-state index is 12.3. The first kappa shape index (κ1) is 13.6. The number of fused-ring (bicyclic) bond motifs is 3. The summed E-state index contributed by atoms with van der Waals surface area (Å²) in [5.41, 5.74) is 3.15. The van der Waals surface area contributed by atoms with Crippen LogP contribution in [0.1, 0.15) is 24.6 Å². The number of carbonyl (C=O) groups is 1. The zero-order valence-electron chi connectivity index (χ0n) is 12.4. The summed E-state index contributed by atoms with van der Waals surface area (Å²) in [6.07, 6.45) is 6.30. The Labute approximate surface area is 132 Å². The molecule has 0 spiro atoms. The summed E-state index contributed by atoms with van der Waals surface area (Å²) < 4.78 is 0. The molecular weight excluding hydrogens is 298 g/mol. The molecule has 1 aliphatic carbocycles. The molecule has 1 unspecified atom stereocenters. The zero-order valence-corrected chi connectivity index (χ0v) is 13.2. The summed E-state index contributed by atoms with van der Waals surface area (Å²) in [7, 11) is 0. The number of thiazole rings is 1. The maximum Gasteiger partial charge on any atom is 0.323 e. The van der Waals surface area contributed by atoms with Gasteiger partial charge in [0.1, 0.15) is 6.33 Å². The van der Waals surface area contributed by atoms with Crippen LogP contribution >= 0.6 is 11.3 Å². The minimum absolute atomic E-state index is 0.0432. The Bertz CT molecular complexity index is 728. The van der Waals surface area contributed by atoms with E-state index < -0.39 is 0 Å². The van der Waals surface area contributed by atoms with Crippen LogP contribution in [-0.4, -0.2) is 39.0 Å². The molecule has 2 amide bonds. The van der Waals surface area contributed by atoms with Crippen molar-refractivity contribution in [3.8, 4) is 10.6 Å². The number of nitrogens with one attached hydrogen (secondary N) is 1. The first-order chi connectivity index (χ1) is 10.7. The first-order valence-corrected chi connectivity index (χ1v) is 8.37. The van der Waals surface area contributed by atoms with Crippen LogP contribution < -0.4 is 5.32 Å². The number of likely N-dealkylation sites (tertiary alicyclic amines) is 1. The van der Waals surface area contributed by atoms with Gasteiger partial charge in [-0.1, -0.05) is 18.3 Å². The molecule has 1 aliphatic heterocycles. The second kappa shape index (κ2) is 5.31. The molecular formula is C15H17N5OS. The van der Waals surface area contributed by atoms with Gasteiger partial charge in [-0.25, -0.2) is 19.7 Å². The van der Waals surface area contributed by atoms with Crippen molar-refractivity contribution in [3.05, 3.63) is 23.8 Å². The number of hydrogen-bond acceptors (Lipinski definition) is 5. The molecule has 1 atom stereocenters. The molecule has 2 aliphatic rings. The first-order valence-electron chi connectivity index (χ1n) is 7.55. The summed E-state index contributed by atoms with van der Waals surface area (Å²) in [6.45, 7) is 3.83. The summed E-state index contributed by atoms with van der Waals surface area (Å²) in [5, 5.41) is 3.61. The third-order valence-electron chi connectivity index (χ3n) is 4.26. The summed E-state index contributed by atoms with van der Waals surface area (Å²) >= 11 is 1.51. The van der Waals surface area contributed by atoms with Crippen molar-refractivity contribution in [2.45, 2.75) is 26.2 Å². The molecule has 2 aromatic rings. The van der Waals surface area contributed by atoms with Crippen molar-refractivity contribution in [1.29, 1.82) is 0 Å². The van der Waals surface area contributed by atoms with E-state index >= 15 is 0 Å². The fourth-order valence-corrected chi connectivity index (χ4v) is 4.08. The largest absolute Gasteiger partial charge is 0.324 e. The molecule has 0 saturated carbocycles.